The van der Waals surface area contributed by atoms with Crippen LogP contribution in [0, 0.1) is 0 Å². The van der Waals surface area contributed by atoms with Gasteiger partial charge < -0.3 is 15.8 Å². The summed E-state index contributed by atoms with van der Waals surface area (Å²) in [6, 6.07) is 10.7. The summed E-state index contributed by atoms with van der Waals surface area (Å²) in [6.07, 6.45) is 0. The molecule has 0 bridgehead atoms. The number of ether oxygens (including phenoxy) is 1. The van der Waals surface area contributed by atoms with Crippen LogP contribution in [0.5, 0.6) is 5.75 Å². The van der Waals surface area contributed by atoms with E-state index in [0.29, 0.717) is 17.1 Å². The molecule has 21 heavy (non-hydrogen) atoms. The van der Waals surface area contributed by atoms with Crippen LogP contribution in [0.25, 0.3) is 0 Å². The second-order valence-electron chi connectivity index (χ2n) is 4.13. The summed E-state index contributed by atoms with van der Waals surface area (Å²) < 4.78 is 7.79. The van der Waals surface area contributed by atoms with Crippen molar-refractivity contribution in [3.05, 3.63) is 49.8 Å². The molecule has 0 aliphatic heterocycles. The highest BCUT2D eigenvalue weighted by Gasteiger charge is 2.10. The van der Waals surface area contributed by atoms with E-state index in [4.69, 9.17) is 10.5 Å². The van der Waals surface area contributed by atoms with Gasteiger partial charge in [0.15, 0.2) is 6.61 Å². The normalized spacial score (nSPS) is 10.2. The predicted octanol–water partition coefficient (Wildman–Crippen LogP) is 4.57. The van der Waals surface area contributed by atoms with Gasteiger partial charge in [-0.05, 0) is 78.1 Å². The molecular formula is C14H11Br3N2O2. The molecule has 1 amide bonds. The van der Waals surface area contributed by atoms with Crippen LogP contribution < -0.4 is 15.8 Å². The van der Waals surface area contributed by atoms with Gasteiger partial charge in [0, 0.05) is 10.2 Å². The van der Waals surface area contributed by atoms with Crippen molar-refractivity contribution in [2.24, 2.45) is 0 Å². The quantitative estimate of drug-likeness (QED) is 0.632. The van der Waals surface area contributed by atoms with Crippen LogP contribution in [0.3, 0.4) is 0 Å². The third-order valence-corrected chi connectivity index (χ3v) is 4.44. The number of carbonyl (C=O) groups excluding carboxylic acids is 1. The summed E-state index contributed by atoms with van der Waals surface area (Å²) in [5.41, 5.74) is 6.91. The van der Waals surface area contributed by atoms with Crippen molar-refractivity contribution in [1.29, 1.82) is 0 Å². The molecule has 0 saturated carbocycles. The van der Waals surface area contributed by atoms with E-state index in [1.54, 1.807) is 18.2 Å². The third kappa shape index (κ3) is 4.46. The number of nitrogen functional groups attached to an aromatic ring is 1. The van der Waals surface area contributed by atoms with E-state index >= 15 is 0 Å². The average Bonchev–Trinajstić information content (AvgIpc) is 2.41. The SMILES string of the molecule is Nc1ccc(NC(=O)COc2c(Br)cccc2Br)c(Br)c1. The molecule has 2 aromatic carbocycles. The van der Waals surface area contributed by atoms with Gasteiger partial charge in [-0.15, -0.1) is 0 Å². The Balaban J connectivity index is 1.99. The van der Waals surface area contributed by atoms with Crippen molar-refractivity contribution < 1.29 is 9.53 Å². The van der Waals surface area contributed by atoms with Crippen molar-refractivity contribution in [1.82, 2.24) is 0 Å². The summed E-state index contributed by atoms with van der Waals surface area (Å²) >= 11 is 10.1. The highest BCUT2D eigenvalue weighted by Crippen LogP contribution is 2.33. The maximum Gasteiger partial charge on any atom is 0.262 e. The first-order valence-corrected chi connectivity index (χ1v) is 8.27. The molecule has 2 rings (SSSR count). The molecule has 0 spiro atoms. The van der Waals surface area contributed by atoms with Crippen molar-refractivity contribution in [2.45, 2.75) is 0 Å². The molecule has 0 saturated heterocycles. The Hall–Kier alpha value is -1.05. The van der Waals surface area contributed by atoms with Gasteiger partial charge in [0.25, 0.3) is 5.91 Å². The van der Waals surface area contributed by atoms with Crippen molar-refractivity contribution in [2.75, 3.05) is 17.7 Å². The second-order valence-corrected chi connectivity index (χ2v) is 6.69. The molecule has 0 radical (unpaired) electrons. The zero-order valence-corrected chi connectivity index (χ0v) is 15.5. The van der Waals surface area contributed by atoms with E-state index in [0.717, 1.165) is 13.4 Å². The first kappa shape index (κ1) is 16.3. The number of nitrogens with one attached hydrogen (secondary N) is 1. The molecule has 0 fully saturated rings. The van der Waals surface area contributed by atoms with E-state index in [2.05, 4.69) is 53.1 Å². The number of hydrogen-bond acceptors (Lipinski definition) is 3. The lowest BCUT2D eigenvalue weighted by atomic mass is 10.3. The molecule has 3 N–H and O–H groups in total. The first-order chi connectivity index (χ1) is 9.97. The highest BCUT2D eigenvalue weighted by molar-refractivity contribution is 9.11. The summed E-state index contributed by atoms with van der Waals surface area (Å²) in [5.74, 6) is 0.326. The number of anilines is 2. The second kappa shape index (κ2) is 7.29. The molecule has 0 aliphatic carbocycles. The van der Waals surface area contributed by atoms with E-state index in [1.165, 1.54) is 0 Å². The lowest BCUT2D eigenvalue weighted by Gasteiger charge is -2.11. The fraction of sp³-hybridized carbons (Fsp3) is 0.0714. The van der Waals surface area contributed by atoms with Crippen LogP contribution in [-0.4, -0.2) is 12.5 Å². The van der Waals surface area contributed by atoms with Gasteiger partial charge in [-0.1, -0.05) is 6.07 Å². The number of amides is 1. The van der Waals surface area contributed by atoms with Crippen molar-refractivity contribution in [3.63, 3.8) is 0 Å². The van der Waals surface area contributed by atoms with Gasteiger partial charge in [0.2, 0.25) is 0 Å². The van der Waals surface area contributed by atoms with Crippen LogP contribution >= 0.6 is 47.8 Å². The molecule has 110 valence electrons. The van der Waals surface area contributed by atoms with Gasteiger partial charge in [0.1, 0.15) is 5.75 Å². The lowest BCUT2D eigenvalue weighted by molar-refractivity contribution is -0.118. The van der Waals surface area contributed by atoms with E-state index < -0.39 is 0 Å². The Morgan fingerprint density at radius 2 is 1.76 bits per heavy atom. The first-order valence-electron chi connectivity index (χ1n) is 5.89. The van der Waals surface area contributed by atoms with Crippen LogP contribution in [0.4, 0.5) is 11.4 Å². The fourth-order valence-electron chi connectivity index (χ4n) is 1.58. The predicted molar refractivity (Wildman–Crippen MR) is 94.5 cm³/mol. The van der Waals surface area contributed by atoms with Gasteiger partial charge in [-0.25, -0.2) is 0 Å². The Morgan fingerprint density at radius 3 is 2.38 bits per heavy atom. The molecule has 0 atom stereocenters. The molecule has 0 aliphatic rings. The van der Waals surface area contributed by atoms with Gasteiger partial charge >= 0.3 is 0 Å². The fourth-order valence-corrected chi connectivity index (χ4v) is 3.30. The number of carbonyl (C=O) groups is 1. The van der Waals surface area contributed by atoms with Crippen LogP contribution in [0.2, 0.25) is 0 Å². The maximum atomic E-state index is 11.9. The van der Waals surface area contributed by atoms with Crippen LogP contribution in [0.15, 0.2) is 49.8 Å². The van der Waals surface area contributed by atoms with Gasteiger partial charge in [0.05, 0.1) is 14.6 Å². The smallest absolute Gasteiger partial charge is 0.262 e. The molecule has 0 unspecified atom stereocenters. The minimum Gasteiger partial charge on any atom is -0.481 e. The highest BCUT2D eigenvalue weighted by atomic mass is 79.9. The topological polar surface area (TPSA) is 64.3 Å². The number of halogens is 3. The Labute approximate surface area is 147 Å². The number of benzene rings is 2. The minimum atomic E-state index is -0.261. The minimum absolute atomic E-state index is 0.0992. The lowest BCUT2D eigenvalue weighted by Crippen LogP contribution is -2.20. The molecule has 4 nitrogen and oxygen atoms in total. The maximum absolute atomic E-state index is 11.9. The van der Waals surface area contributed by atoms with Gasteiger partial charge in [-0.3, -0.25) is 4.79 Å². The van der Waals surface area contributed by atoms with Crippen molar-refractivity contribution in [3.8, 4) is 5.75 Å². The number of rotatable bonds is 4. The molecule has 0 aromatic heterocycles. The standard InChI is InChI=1S/C14H11Br3N2O2/c15-9-2-1-3-10(16)14(9)21-7-13(20)19-12-5-4-8(18)6-11(12)17/h1-6H,7,18H2,(H,19,20). The third-order valence-electron chi connectivity index (χ3n) is 2.53. The number of para-hydroxylation sites is 1. The molecule has 0 heterocycles. The Kier molecular flexibility index (Phi) is 5.66. The number of nitrogens with two attached hydrogens (primary N) is 1. The largest absolute Gasteiger partial charge is 0.481 e. The summed E-state index contributed by atoms with van der Waals surface area (Å²) in [4.78, 5) is 11.9. The Bertz CT molecular complexity index is 657. The molecule has 7 heteroatoms. The molecular weight excluding hydrogens is 468 g/mol. The Morgan fingerprint density at radius 1 is 1.10 bits per heavy atom. The van der Waals surface area contributed by atoms with Gasteiger partial charge in [-0.2, -0.15) is 0 Å². The van der Waals surface area contributed by atoms with E-state index in [1.807, 2.05) is 18.2 Å². The van der Waals surface area contributed by atoms with E-state index in [-0.39, 0.29) is 12.5 Å². The van der Waals surface area contributed by atoms with Crippen molar-refractivity contribution >= 4 is 65.1 Å². The summed E-state index contributed by atoms with van der Waals surface area (Å²) in [7, 11) is 0. The zero-order valence-electron chi connectivity index (χ0n) is 10.7. The summed E-state index contributed by atoms with van der Waals surface area (Å²) in [5, 5.41) is 2.75. The van der Waals surface area contributed by atoms with E-state index in [9.17, 15) is 4.79 Å². The average molecular weight is 479 g/mol. The summed E-state index contributed by atoms with van der Waals surface area (Å²) in [6.45, 7) is -0.0992. The van der Waals surface area contributed by atoms with Crippen LogP contribution in [0.1, 0.15) is 0 Å². The van der Waals surface area contributed by atoms with Crippen LogP contribution in [-0.2, 0) is 4.79 Å². The molecule has 2 aromatic rings. The monoisotopic (exact) mass is 476 g/mol. The zero-order chi connectivity index (χ0) is 15.4. The number of hydrogen-bond donors (Lipinski definition) is 2.